The first kappa shape index (κ1) is 12.2. The molecule has 0 radical (unpaired) electrons. The van der Waals surface area contributed by atoms with Crippen molar-refractivity contribution in [3.63, 3.8) is 0 Å². The fraction of sp³-hybridized carbons (Fsp3) is 0.444. The van der Waals surface area contributed by atoms with Crippen molar-refractivity contribution in [1.82, 2.24) is 4.57 Å². The molecule has 2 aliphatic rings. The van der Waals surface area contributed by atoms with Gasteiger partial charge in [-0.3, -0.25) is 0 Å². The van der Waals surface area contributed by atoms with Gasteiger partial charge in [0.2, 0.25) is 0 Å². The van der Waals surface area contributed by atoms with Crippen LogP contribution in [0.25, 0.3) is 0 Å². The summed E-state index contributed by atoms with van der Waals surface area (Å²) in [6.07, 6.45) is 4.15. The van der Waals surface area contributed by atoms with Gasteiger partial charge in [-0.05, 0) is 44.2 Å². The SMILES string of the molecule is Cc1cc2c(n1C1CC1c1ccccc1)CCCC2O. The highest BCUT2D eigenvalue weighted by Crippen LogP contribution is 2.53. The Morgan fingerprint density at radius 3 is 2.80 bits per heavy atom. The molecule has 0 amide bonds. The molecule has 3 unspecified atom stereocenters. The summed E-state index contributed by atoms with van der Waals surface area (Å²) in [5.74, 6) is 0.658. The fourth-order valence-corrected chi connectivity index (χ4v) is 3.89. The lowest BCUT2D eigenvalue weighted by molar-refractivity contribution is 0.155. The Morgan fingerprint density at radius 1 is 1.20 bits per heavy atom. The Balaban J connectivity index is 1.68. The molecule has 0 bridgehead atoms. The van der Waals surface area contributed by atoms with Crippen molar-refractivity contribution in [3.8, 4) is 0 Å². The summed E-state index contributed by atoms with van der Waals surface area (Å²) in [6.45, 7) is 2.19. The molecule has 1 aromatic heterocycles. The van der Waals surface area contributed by atoms with Gasteiger partial charge in [-0.2, -0.15) is 0 Å². The van der Waals surface area contributed by atoms with Gasteiger partial charge in [0.1, 0.15) is 0 Å². The second kappa shape index (κ2) is 4.49. The molecular weight excluding hydrogens is 246 g/mol. The van der Waals surface area contributed by atoms with E-state index < -0.39 is 0 Å². The maximum atomic E-state index is 10.2. The highest BCUT2D eigenvalue weighted by atomic mass is 16.3. The van der Waals surface area contributed by atoms with Crippen LogP contribution in [-0.2, 0) is 6.42 Å². The van der Waals surface area contributed by atoms with E-state index in [1.807, 2.05) is 0 Å². The Bertz CT molecular complexity index is 628. The van der Waals surface area contributed by atoms with Crippen LogP contribution in [0.3, 0.4) is 0 Å². The lowest BCUT2D eigenvalue weighted by Crippen LogP contribution is -2.12. The third-order valence-corrected chi connectivity index (χ3v) is 4.93. The Hall–Kier alpha value is -1.54. The fourth-order valence-electron chi connectivity index (χ4n) is 3.89. The molecule has 0 aliphatic heterocycles. The molecule has 3 atom stereocenters. The number of fused-ring (bicyclic) bond motifs is 1. The summed E-state index contributed by atoms with van der Waals surface area (Å²) in [5, 5.41) is 10.2. The molecule has 1 saturated carbocycles. The molecule has 2 aliphatic carbocycles. The number of aliphatic hydroxyl groups is 1. The molecule has 0 saturated heterocycles. The summed E-state index contributed by atoms with van der Waals surface area (Å²) >= 11 is 0. The number of hydrogen-bond donors (Lipinski definition) is 1. The van der Waals surface area contributed by atoms with Crippen LogP contribution in [0.4, 0.5) is 0 Å². The third-order valence-electron chi connectivity index (χ3n) is 4.93. The number of aryl methyl sites for hydroxylation is 1. The topological polar surface area (TPSA) is 25.2 Å². The van der Waals surface area contributed by atoms with Crippen molar-refractivity contribution in [2.75, 3.05) is 0 Å². The zero-order valence-corrected chi connectivity index (χ0v) is 11.9. The Labute approximate surface area is 120 Å². The number of aliphatic hydroxyl groups excluding tert-OH is 1. The van der Waals surface area contributed by atoms with Crippen LogP contribution in [-0.4, -0.2) is 9.67 Å². The lowest BCUT2D eigenvalue weighted by atomic mass is 9.95. The van der Waals surface area contributed by atoms with Crippen LogP contribution >= 0.6 is 0 Å². The largest absolute Gasteiger partial charge is 0.388 e. The van der Waals surface area contributed by atoms with Crippen molar-refractivity contribution < 1.29 is 5.11 Å². The molecular formula is C18H21NO. The van der Waals surface area contributed by atoms with Gasteiger partial charge in [-0.15, -0.1) is 0 Å². The average molecular weight is 267 g/mol. The molecule has 1 heterocycles. The summed E-state index contributed by atoms with van der Waals surface area (Å²) in [7, 11) is 0. The number of benzene rings is 1. The van der Waals surface area contributed by atoms with Crippen molar-refractivity contribution >= 4 is 0 Å². The Kier molecular flexibility index (Phi) is 2.74. The van der Waals surface area contributed by atoms with E-state index in [1.54, 1.807) is 0 Å². The second-order valence-electron chi connectivity index (χ2n) is 6.29. The molecule has 1 fully saturated rings. The second-order valence-corrected chi connectivity index (χ2v) is 6.29. The normalized spacial score (nSPS) is 28.2. The van der Waals surface area contributed by atoms with Gasteiger partial charge in [-0.1, -0.05) is 30.3 Å². The monoisotopic (exact) mass is 267 g/mol. The van der Waals surface area contributed by atoms with Crippen LogP contribution in [0.5, 0.6) is 0 Å². The predicted molar refractivity (Wildman–Crippen MR) is 79.9 cm³/mol. The molecule has 2 nitrogen and oxygen atoms in total. The minimum absolute atomic E-state index is 0.243. The molecule has 1 aromatic carbocycles. The third kappa shape index (κ3) is 1.82. The van der Waals surface area contributed by atoms with Gasteiger partial charge < -0.3 is 9.67 Å². The predicted octanol–water partition coefficient (Wildman–Crippen LogP) is 3.89. The Morgan fingerprint density at radius 2 is 2.00 bits per heavy atom. The van der Waals surface area contributed by atoms with Crippen LogP contribution < -0.4 is 0 Å². The van der Waals surface area contributed by atoms with E-state index in [-0.39, 0.29) is 6.10 Å². The summed E-state index contributed by atoms with van der Waals surface area (Å²) in [6, 6.07) is 13.6. The molecule has 4 rings (SSSR count). The minimum Gasteiger partial charge on any atom is -0.388 e. The van der Waals surface area contributed by atoms with E-state index in [2.05, 4.69) is 47.9 Å². The van der Waals surface area contributed by atoms with Gasteiger partial charge >= 0.3 is 0 Å². The van der Waals surface area contributed by atoms with Gasteiger partial charge in [0.05, 0.1) is 6.10 Å². The van der Waals surface area contributed by atoms with Gasteiger partial charge in [-0.25, -0.2) is 0 Å². The summed E-state index contributed by atoms with van der Waals surface area (Å²) < 4.78 is 2.51. The molecule has 1 N–H and O–H groups in total. The smallest absolute Gasteiger partial charge is 0.0807 e. The number of hydrogen-bond acceptors (Lipinski definition) is 1. The lowest BCUT2D eigenvalue weighted by Gasteiger charge is -2.20. The maximum Gasteiger partial charge on any atom is 0.0807 e. The summed E-state index contributed by atoms with van der Waals surface area (Å²) in [5.41, 5.74) is 5.35. The molecule has 0 spiro atoms. The highest BCUT2D eigenvalue weighted by Gasteiger charge is 2.42. The van der Waals surface area contributed by atoms with Gasteiger partial charge in [0.15, 0.2) is 0 Å². The van der Waals surface area contributed by atoms with Crippen LogP contribution in [0.15, 0.2) is 36.4 Å². The van der Waals surface area contributed by atoms with E-state index in [1.165, 1.54) is 28.9 Å². The molecule has 2 aromatic rings. The first-order valence-electron chi connectivity index (χ1n) is 7.69. The van der Waals surface area contributed by atoms with Gasteiger partial charge in [0, 0.05) is 28.9 Å². The molecule has 2 heteroatoms. The van der Waals surface area contributed by atoms with Gasteiger partial charge in [0.25, 0.3) is 0 Å². The summed E-state index contributed by atoms with van der Waals surface area (Å²) in [4.78, 5) is 0. The first-order valence-corrected chi connectivity index (χ1v) is 7.69. The average Bonchev–Trinajstić information content (AvgIpc) is 3.17. The minimum atomic E-state index is -0.243. The molecule has 104 valence electrons. The van der Waals surface area contributed by atoms with Crippen molar-refractivity contribution in [2.24, 2.45) is 0 Å². The highest BCUT2D eigenvalue weighted by molar-refractivity contribution is 5.36. The maximum absolute atomic E-state index is 10.2. The standard InChI is InChI=1S/C18H21NO/c1-12-10-15-16(8-5-9-18(15)20)19(12)17-11-14(17)13-6-3-2-4-7-13/h2-4,6-7,10,14,17-18,20H,5,8-9,11H2,1H3. The van der Waals surface area contributed by atoms with Crippen LogP contribution in [0.1, 0.15) is 59.8 Å². The zero-order chi connectivity index (χ0) is 13.7. The van der Waals surface area contributed by atoms with E-state index in [0.29, 0.717) is 12.0 Å². The zero-order valence-electron chi connectivity index (χ0n) is 11.9. The number of aromatic nitrogens is 1. The van der Waals surface area contributed by atoms with Crippen LogP contribution in [0, 0.1) is 6.92 Å². The van der Waals surface area contributed by atoms with Crippen molar-refractivity contribution in [3.05, 3.63) is 58.9 Å². The quantitative estimate of drug-likeness (QED) is 0.877. The van der Waals surface area contributed by atoms with E-state index >= 15 is 0 Å². The number of rotatable bonds is 2. The van der Waals surface area contributed by atoms with Crippen molar-refractivity contribution in [1.29, 1.82) is 0 Å². The van der Waals surface area contributed by atoms with Crippen LogP contribution in [0.2, 0.25) is 0 Å². The number of nitrogens with zero attached hydrogens (tertiary/aromatic N) is 1. The first-order chi connectivity index (χ1) is 9.75. The molecule has 20 heavy (non-hydrogen) atoms. The van der Waals surface area contributed by atoms with E-state index in [9.17, 15) is 5.11 Å². The van der Waals surface area contributed by atoms with Crippen molar-refractivity contribution in [2.45, 2.75) is 50.7 Å². The van der Waals surface area contributed by atoms with E-state index in [0.717, 1.165) is 19.3 Å². The van der Waals surface area contributed by atoms with E-state index in [4.69, 9.17) is 0 Å².